The zero-order valence-corrected chi connectivity index (χ0v) is 21.9. The van der Waals surface area contributed by atoms with E-state index in [1.165, 1.54) is 18.3 Å². The number of alkyl halides is 3. The Labute approximate surface area is 236 Å². The highest BCUT2D eigenvalue weighted by Gasteiger charge is 2.36. The highest BCUT2D eigenvalue weighted by atomic mass is 19.4. The van der Waals surface area contributed by atoms with E-state index in [1.54, 1.807) is 30.2 Å². The number of amides is 3. The zero-order valence-electron chi connectivity index (χ0n) is 21.9. The van der Waals surface area contributed by atoms with Crippen molar-refractivity contribution in [1.82, 2.24) is 9.88 Å². The number of nitrogens with one attached hydrogen (secondary N) is 3. The average molecular weight is 584 g/mol. The number of fused-ring (bicyclic) bond motifs is 1. The molecule has 0 saturated heterocycles. The molecule has 0 radical (unpaired) electrons. The molecule has 8 nitrogen and oxygen atoms in total. The van der Waals surface area contributed by atoms with E-state index in [-0.39, 0.29) is 36.6 Å². The number of ether oxygens (including phenoxy) is 1. The molecule has 1 aliphatic rings. The van der Waals surface area contributed by atoms with Gasteiger partial charge in [-0.1, -0.05) is 12.1 Å². The fourth-order valence-electron chi connectivity index (χ4n) is 4.39. The molecule has 0 saturated carbocycles. The zero-order chi connectivity index (χ0) is 30.0. The summed E-state index contributed by atoms with van der Waals surface area (Å²) in [6, 6.07) is 13.7. The molecule has 3 amide bonds. The molecule has 3 N–H and O–H groups in total. The molecule has 0 aliphatic carbocycles. The number of hydrogen-bond donors (Lipinski definition) is 3. The lowest BCUT2D eigenvalue weighted by Gasteiger charge is -2.30. The SMILES string of the molecule is COc1ccc(CN2Cc3c(Nc4ccc(NC(=O)c5ccc(F)cc5C(F)(F)F)cc4F)ccnc3NC2=O)cc1. The Kier molecular flexibility index (Phi) is 7.66. The minimum atomic E-state index is -4.97. The normalized spacial score (nSPS) is 12.8. The van der Waals surface area contributed by atoms with Gasteiger partial charge in [0.2, 0.25) is 0 Å². The number of benzene rings is 3. The standard InChI is InChI=1S/C29H22F5N5O3/c1-42-19-6-2-16(3-7-19)14-39-15-21-24(10-11-35-26(21)38-28(39)41)37-25-9-5-18(13-23(25)31)36-27(40)20-8-4-17(30)12-22(20)29(32,33)34/h2-13H,14-15H2,1H3,(H,36,40)(H2,35,37,38,41). The Balaban J connectivity index is 1.33. The summed E-state index contributed by atoms with van der Waals surface area (Å²) in [6.45, 7) is 0.453. The van der Waals surface area contributed by atoms with Crippen LogP contribution in [-0.4, -0.2) is 28.9 Å². The van der Waals surface area contributed by atoms with Crippen molar-refractivity contribution < 1.29 is 36.3 Å². The quantitative estimate of drug-likeness (QED) is 0.205. The lowest BCUT2D eigenvalue weighted by Crippen LogP contribution is -2.38. The summed E-state index contributed by atoms with van der Waals surface area (Å²) < 4.78 is 73.5. The van der Waals surface area contributed by atoms with Crippen molar-refractivity contribution >= 4 is 34.8 Å². The van der Waals surface area contributed by atoms with Gasteiger partial charge in [-0.15, -0.1) is 0 Å². The molecule has 0 bridgehead atoms. The average Bonchev–Trinajstić information content (AvgIpc) is 2.95. The van der Waals surface area contributed by atoms with Crippen LogP contribution in [-0.2, 0) is 19.3 Å². The topological polar surface area (TPSA) is 95.6 Å². The van der Waals surface area contributed by atoms with E-state index in [2.05, 4.69) is 20.9 Å². The van der Waals surface area contributed by atoms with Crippen molar-refractivity contribution in [2.75, 3.05) is 23.1 Å². The van der Waals surface area contributed by atoms with E-state index in [0.717, 1.165) is 17.7 Å². The number of halogens is 5. The van der Waals surface area contributed by atoms with Gasteiger partial charge in [0.25, 0.3) is 5.91 Å². The number of carbonyl (C=O) groups is 2. The number of urea groups is 1. The molecule has 42 heavy (non-hydrogen) atoms. The number of nitrogens with zero attached hydrogens (tertiary/aromatic N) is 2. The smallest absolute Gasteiger partial charge is 0.417 e. The number of carbonyl (C=O) groups excluding carboxylic acids is 2. The Bertz CT molecular complexity index is 1660. The molecule has 1 aliphatic heterocycles. The molecule has 216 valence electrons. The minimum absolute atomic E-state index is 0.00207. The first-order chi connectivity index (χ1) is 20.0. The van der Waals surface area contributed by atoms with Crippen molar-refractivity contribution in [2.24, 2.45) is 0 Å². The molecule has 0 fully saturated rings. The van der Waals surface area contributed by atoms with E-state index in [4.69, 9.17) is 4.74 Å². The number of aromatic nitrogens is 1. The largest absolute Gasteiger partial charge is 0.497 e. The predicted octanol–water partition coefficient (Wildman–Crippen LogP) is 6.93. The molecular weight excluding hydrogens is 561 g/mol. The third-order valence-corrected chi connectivity index (χ3v) is 6.48. The minimum Gasteiger partial charge on any atom is -0.497 e. The van der Waals surface area contributed by atoms with Crippen LogP contribution in [0, 0.1) is 11.6 Å². The Morgan fingerprint density at radius 3 is 2.48 bits per heavy atom. The first kappa shape index (κ1) is 28.3. The fourth-order valence-corrected chi connectivity index (χ4v) is 4.39. The second kappa shape index (κ2) is 11.4. The highest BCUT2D eigenvalue weighted by Crippen LogP contribution is 2.34. The van der Waals surface area contributed by atoms with Crippen molar-refractivity contribution in [3.63, 3.8) is 0 Å². The number of anilines is 4. The van der Waals surface area contributed by atoms with Crippen LogP contribution in [0.1, 0.15) is 27.0 Å². The van der Waals surface area contributed by atoms with Gasteiger partial charge in [0.15, 0.2) is 0 Å². The summed E-state index contributed by atoms with van der Waals surface area (Å²) in [7, 11) is 1.55. The number of pyridine rings is 1. The molecule has 0 spiro atoms. The van der Waals surface area contributed by atoms with Crippen LogP contribution in [0.25, 0.3) is 0 Å². The Morgan fingerprint density at radius 1 is 1.02 bits per heavy atom. The number of methoxy groups -OCH3 is 1. The van der Waals surface area contributed by atoms with Crippen molar-refractivity contribution in [3.05, 3.63) is 107 Å². The van der Waals surface area contributed by atoms with Crippen molar-refractivity contribution in [1.29, 1.82) is 0 Å². The molecule has 0 atom stereocenters. The molecular formula is C29H22F5N5O3. The van der Waals surface area contributed by atoms with Crippen LogP contribution in [0.3, 0.4) is 0 Å². The monoisotopic (exact) mass is 583 g/mol. The molecule has 4 aromatic rings. The molecule has 1 aromatic heterocycles. The molecule has 0 unspecified atom stereocenters. The van der Waals surface area contributed by atoms with E-state index in [0.29, 0.717) is 28.9 Å². The van der Waals surface area contributed by atoms with Crippen LogP contribution in [0.2, 0.25) is 0 Å². The lowest BCUT2D eigenvalue weighted by molar-refractivity contribution is -0.138. The Hall–Kier alpha value is -5.20. The third-order valence-electron chi connectivity index (χ3n) is 6.48. The van der Waals surface area contributed by atoms with Crippen molar-refractivity contribution in [3.8, 4) is 5.75 Å². The van der Waals surface area contributed by atoms with Gasteiger partial charge >= 0.3 is 12.2 Å². The molecule has 13 heteroatoms. The van der Waals surface area contributed by atoms with Gasteiger partial charge in [0.1, 0.15) is 23.2 Å². The van der Waals surface area contributed by atoms with Gasteiger partial charge in [-0.3, -0.25) is 10.1 Å². The molecule has 2 heterocycles. The maximum atomic E-state index is 15.1. The van der Waals surface area contributed by atoms with E-state index < -0.39 is 34.8 Å². The van der Waals surface area contributed by atoms with Gasteiger partial charge in [0, 0.05) is 29.7 Å². The van der Waals surface area contributed by atoms with Crippen LogP contribution in [0.5, 0.6) is 5.75 Å². The van der Waals surface area contributed by atoms with Gasteiger partial charge < -0.3 is 20.3 Å². The predicted molar refractivity (Wildman–Crippen MR) is 145 cm³/mol. The van der Waals surface area contributed by atoms with Gasteiger partial charge in [-0.05, 0) is 60.2 Å². The van der Waals surface area contributed by atoms with Crippen molar-refractivity contribution in [2.45, 2.75) is 19.3 Å². The fraction of sp³-hybridized carbons (Fsp3) is 0.138. The van der Waals surface area contributed by atoms with E-state index in [1.807, 2.05) is 12.1 Å². The maximum Gasteiger partial charge on any atom is 0.417 e. The van der Waals surface area contributed by atoms with Crippen LogP contribution < -0.4 is 20.7 Å². The summed E-state index contributed by atoms with van der Waals surface area (Å²) in [6.07, 6.45) is -3.53. The van der Waals surface area contributed by atoms with Gasteiger partial charge in [-0.2, -0.15) is 13.2 Å². The first-order valence-electron chi connectivity index (χ1n) is 12.4. The molecule has 3 aromatic carbocycles. The summed E-state index contributed by atoms with van der Waals surface area (Å²) in [4.78, 5) is 31.0. The molecule has 5 rings (SSSR count). The van der Waals surface area contributed by atoms with Crippen LogP contribution >= 0.6 is 0 Å². The summed E-state index contributed by atoms with van der Waals surface area (Å²) >= 11 is 0. The first-order valence-corrected chi connectivity index (χ1v) is 12.4. The van der Waals surface area contributed by atoms with E-state index in [9.17, 15) is 27.2 Å². The highest BCUT2D eigenvalue weighted by molar-refractivity contribution is 6.05. The summed E-state index contributed by atoms with van der Waals surface area (Å²) in [5.41, 5.74) is -0.465. The summed E-state index contributed by atoms with van der Waals surface area (Å²) in [5, 5.41) is 7.89. The van der Waals surface area contributed by atoms with Crippen LogP contribution in [0.4, 0.5) is 49.6 Å². The van der Waals surface area contributed by atoms with Crippen LogP contribution in [0.15, 0.2) is 72.9 Å². The second-order valence-electron chi connectivity index (χ2n) is 9.28. The Morgan fingerprint density at radius 2 is 1.79 bits per heavy atom. The summed E-state index contributed by atoms with van der Waals surface area (Å²) in [5.74, 6) is -2.17. The second-order valence-corrected chi connectivity index (χ2v) is 9.28. The number of rotatable bonds is 7. The lowest BCUT2D eigenvalue weighted by atomic mass is 10.1. The van der Waals surface area contributed by atoms with E-state index >= 15 is 4.39 Å². The number of hydrogen-bond acceptors (Lipinski definition) is 5. The third kappa shape index (κ3) is 6.09. The van der Waals surface area contributed by atoms with Gasteiger partial charge in [0.05, 0.1) is 30.5 Å². The maximum absolute atomic E-state index is 15.1. The van der Waals surface area contributed by atoms with Gasteiger partial charge in [-0.25, -0.2) is 18.6 Å².